The summed E-state index contributed by atoms with van der Waals surface area (Å²) in [5, 5.41) is 4.47. The lowest BCUT2D eigenvalue weighted by Crippen LogP contribution is -2.27. The van der Waals surface area contributed by atoms with Crippen LogP contribution in [0.25, 0.3) is 11.1 Å². The first kappa shape index (κ1) is 24.8. The Morgan fingerprint density at radius 3 is 2.42 bits per heavy atom. The smallest absolute Gasteiger partial charge is 0.207 e. The molecule has 0 fully saturated rings. The molecule has 3 aromatic rings. The third-order valence-corrected chi connectivity index (χ3v) is 7.40. The third-order valence-electron chi connectivity index (χ3n) is 4.93. The summed E-state index contributed by atoms with van der Waals surface area (Å²) in [5.41, 5.74) is 2.84. The van der Waals surface area contributed by atoms with Gasteiger partial charge in [-0.1, -0.05) is 19.9 Å². The molecule has 33 heavy (non-hydrogen) atoms. The molecule has 0 aliphatic heterocycles. The van der Waals surface area contributed by atoms with Crippen molar-refractivity contribution in [3.8, 4) is 34.1 Å². The Balaban J connectivity index is 1.97. The zero-order valence-electron chi connectivity index (χ0n) is 19.0. The van der Waals surface area contributed by atoms with Crippen LogP contribution in [0.5, 0.6) is 23.0 Å². The van der Waals surface area contributed by atoms with Crippen LogP contribution in [-0.4, -0.2) is 37.9 Å². The van der Waals surface area contributed by atoms with Crippen LogP contribution in [0.4, 0.5) is 0 Å². The van der Waals surface area contributed by atoms with Crippen molar-refractivity contribution in [1.82, 2.24) is 10.0 Å². The molecule has 0 saturated heterocycles. The van der Waals surface area contributed by atoms with Crippen molar-refractivity contribution < 1.29 is 23.2 Å². The van der Waals surface area contributed by atoms with Crippen molar-refractivity contribution in [2.45, 2.75) is 24.0 Å². The molecule has 1 aromatic heterocycles. The minimum atomic E-state index is -1.43. The van der Waals surface area contributed by atoms with E-state index in [1.165, 1.54) is 11.3 Å². The molecule has 2 aromatic carbocycles. The molecule has 1 unspecified atom stereocenters. The van der Waals surface area contributed by atoms with Crippen molar-refractivity contribution in [3.05, 3.63) is 53.4 Å². The number of hydrogen-bond acceptors (Lipinski definition) is 6. The molecule has 3 rings (SSSR count). The molecular weight excluding hydrogens is 460 g/mol. The van der Waals surface area contributed by atoms with Crippen LogP contribution in [0, 0.1) is 0 Å². The van der Waals surface area contributed by atoms with Gasteiger partial charge in [-0.2, -0.15) is 0 Å². The van der Waals surface area contributed by atoms with Crippen LogP contribution in [0.1, 0.15) is 25.3 Å². The Bertz CT molecular complexity index is 1110. The van der Waals surface area contributed by atoms with E-state index in [0.29, 0.717) is 52.6 Å². The maximum Gasteiger partial charge on any atom is 0.207 e. The second-order valence-electron chi connectivity index (χ2n) is 7.39. The lowest BCUT2D eigenvalue weighted by Gasteiger charge is -2.16. The lowest BCUT2D eigenvalue weighted by molar-refractivity contribution is -0.109. The summed E-state index contributed by atoms with van der Waals surface area (Å²) in [6.07, 6.45) is 0.621. The summed E-state index contributed by atoms with van der Waals surface area (Å²) in [6.45, 7) is 5.04. The molecule has 1 atom stereocenters. The molecule has 0 saturated carbocycles. The zero-order chi connectivity index (χ0) is 23.8. The number of thiophene rings is 1. The van der Waals surface area contributed by atoms with Gasteiger partial charge in [-0.05, 0) is 47.2 Å². The van der Waals surface area contributed by atoms with E-state index in [4.69, 9.17) is 14.2 Å². The average Bonchev–Trinajstić information content (AvgIpc) is 3.31. The molecule has 1 heterocycles. The largest absolute Gasteiger partial charge is 0.493 e. The Morgan fingerprint density at radius 2 is 1.73 bits per heavy atom. The summed E-state index contributed by atoms with van der Waals surface area (Å²) in [4.78, 5) is 10.4. The number of nitrogens with one attached hydrogen (secondary N) is 2. The maximum absolute atomic E-state index is 12.9. The van der Waals surface area contributed by atoms with Gasteiger partial charge in [-0.15, -0.1) is 11.3 Å². The van der Waals surface area contributed by atoms with Gasteiger partial charge in [0, 0.05) is 30.3 Å². The van der Waals surface area contributed by atoms with Gasteiger partial charge >= 0.3 is 0 Å². The molecule has 0 spiro atoms. The predicted octanol–water partition coefficient (Wildman–Crippen LogP) is 4.71. The van der Waals surface area contributed by atoms with Crippen LogP contribution >= 0.6 is 11.3 Å². The van der Waals surface area contributed by atoms with Gasteiger partial charge in [0.15, 0.2) is 11.5 Å². The number of rotatable bonds is 12. The van der Waals surface area contributed by atoms with E-state index in [2.05, 4.69) is 30.0 Å². The predicted molar refractivity (Wildman–Crippen MR) is 132 cm³/mol. The summed E-state index contributed by atoms with van der Waals surface area (Å²) in [6, 6.07) is 13.4. The van der Waals surface area contributed by atoms with E-state index in [0.717, 1.165) is 16.7 Å². The van der Waals surface area contributed by atoms with Crippen molar-refractivity contribution >= 4 is 28.7 Å². The average molecular weight is 489 g/mol. The highest BCUT2D eigenvalue weighted by atomic mass is 32.2. The van der Waals surface area contributed by atoms with E-state index >= 15 is 0 Å². The normalized spacial score (nSPS) is 11.8. The van der Waals surface area contributed by atoms with Crippen molar-refractivity contribution in [2.75, 3.05) is 27.3 Å². The number of amides is 1. The number of hydrogen-bond donors (Lipinski definition) is 2. The molecule has 0 radical (unpaired) electrons. The molecular formula is C24H28N2O5S2. The van der Waals surface area contributed by atoms with Crippen LogP contribution in [-0.2, 0) is 15.8 Å². The highest BCUT2D eigenvalue weighted by Crippen LogP contribution is 2.41. The van der Waals surface area contributed by atoms with Gasteiger partial charge in [-0.3, -0.25) is 4.79 Å². The second-order valence-corrected chi connectivity index (χ2v) is 9.79. The number of carbonyl (C=O) groups is 1. The van der Waals surface area contributed by atoms with Gasteiger partial charge in [-0.25, -0.2) is 8.93 Å². The summed E-state index contributed by atoms with van der Waals surface area (Å²) < 4.78 is 33.5. The Hall–Kier alpha value is -2.88. The minimum Gasteiger partial charge on any atom is -0.493 e. The third kappa shape index (κ3) is 6.13. The number of carbonyl (C=O) groups excluding carboxylic acids is 1. The topological polar surface area (TPSA) is 85.9 Å². The van der Waals surface area contributed by atoms with Crippen LogP contribution in [0.15, 0.2) is 52.1 Å². The SMILES string of the molecule is COc1ccc(Oc2ccc(C(C)C)cc2-c2ccsc2S(=O)NCCNC=O)cc1OC. The number of methoxy groups -OCH3 is 2. The molecule has 0 aliphatic carbocycles. The standard InChI is InChI=1S/C24H28N2O5S2/c1-16(2)17-5-7-21(31-18-6-8-22(29-3)23(14-18)30-4)20(13-17)19-9-12-32-24(19)33(28)26-11-10-25-15-27/h5-9,12-16,26H,10-11H2,1-4H3,(H,25,27). The summed E-state index contributed by atoms with van der Waals surface area (Å²) in [5.74, 6) is 2.75. The van der Waals surface area contributed by atoms with Gasteiger partial charge in [0.25, 0.3) is 0 Å². The van der Waals surface area contributed by atoms with Gasteiger partial charge in [0.05, 0.1) is 14.2 Å². The molecule has 2 N–H and O–H groups in total. The Labute approximate surface area is 200 Å². The summed E-state index contributed by atoms with van der Waals surface area (Å²) in [7, 11) is 1.74. The Kier molecular flexibility index (Phi) is 8.87. The van der Waals surface area contributed by atoms with Gasteiger partial charge in [0.1, 0.15) is 26.7 Å². The molecule has 7 nitrogen and oxygen atoms in total. The van der Waals surface area contributed by atoms with Crippen molar-refractivity contribution in [2.24, 2.45) is 0 Å². The molecule has 176 valence electrons. The van der Waals surface area contributed by atoms with E-state index in [1.807, 2.05) is 29.6 Å². The quantitative estimate of drug-likeness (QED) is 0.285. The fourth-order valence-electron chi connectivity index (χ4n) is 3.19. The van der Waals surface area contributed by atoms with Crippen molar-refractivity contribution in [1.29, 1.82) is 0 Å². The lowest BCUT2D eigenvalue weighted by atomic mass is 9.98. The van der Waals surface area contributed by atoms with Crippen LogP contribution < -0.4 is 24.2 Å². The Morgan fingerprint density at radius 1 is 0.970 bits per heavy atom. The van der Waals surface area contributed by atoms with Gasteiger partial charge in [0.2, 0.25) is 6.41 Å². The fourth-order valence-corrected chi connectivity index (χ4v) is 5.31. The monoisotopic (exact) mass is 488 g/mol. The van der Waals surface area contributed by atoms with E-state index in [1.54, 1.807) is 26.4 Å². The first-order valence-electron chi connectivity index (χ1n) is 10.4. The molecule has 1 amide bonds. The second kappa shape index (κ2) is 11.8. The molecule has 0 bridgehead atoms. The highest BCUT2D eigenvalue weighted by Gasteiger charge is 2.19. The van der Waals surface area contributed by atoms with E-state index in [-0.39, 0.29) is 0 Å². The first-order chi connectivity index (χ1) is 16.0. The number of benzene rings is 2. The summed E-state index contributed by atoms with van der Waals surface area (Å²) >= 11 is 1.41. The fraction of sp³-hybridized carbons (Fsp3) is 0.292. The minimum absolute atomic E-state index is 0.319. The first-order valence-corrected chi connectivity index (χ1v) is 12.5. The van der Waals surface area contributed by atoms with Crippen LogP contribution in [0.2, 0.25) is 0 Å². The number of ether oxygens (including phenoxy) is 3. The molecule has 9 heteroatoms. The zero-order valence-corrected chi connectivity index (χ0v) is 20.7. The maximum atomic E-state index is 12.9. The van der Waals surface area contributed by atoms with Gasteiger partial charge < -0.3 is 19.5 Å². The van der Waals surface area contributed by atoms with E-state index < -0.39 is 11.0 Å². The molecule has 0 aliphatic rings. The highest BCUT2D eigenvalue weighted by molar-refractivity contribution is 7.85. The van der Waals surface area contributed by atoms with E-state index in [9.17, 15) is 9.00 Å². The van der Waals surface area contributed by atoms with Crippen LogP contribution in [0.3, 0.4) is 0 Å². The van der Waals surface area contributed by atoms with Crippen molar-refractivity contribution in [3.63, 3.8) is 0 Å².